The number of halogens is 2. The number of hydrogen-bond donors (Lipinski definition) is 0. The third-order valence-electron chi connectivity index (χ3n) is 1.43. The summed E-state index contributed by atoms with van der Waals surface area (Å²) in [4.78, 5) is 6.17. The SMILES string of the molecule is [N-]=[N+]=NCCC#Cc1cc(F)cnc1Cl. The number of aromatic nitrogens is 1. The Morgan fingerprint density at radius 3 is 3.20 bits per heavy atom. The molecule has 0 saturated heterocycles. The van der Waals surface area contributed by atoms with Gasteiger partial charge in [-0.15, -0.1) is 0 Å². The average Bonchev–Trinajstić information content (AvgIpc) is 2.23. The van der Waals surface area contributed by atoms with Crippen molar-refractivity contribution in [3.63, 3.8) is 0 Å². The van der Waals surface area contributed by atoms with Gasteiger partial charge < -0.3 is 0 Å². The molecule has 1 heterocycles. The first-order valence-electron chi connectivity index (χ1n) is 4.05. The standard InChI is InChI=1S/C9H6ClFN4/c10-9-7(5-8(11)6-13-9)3-1-2-4-14-15-12/h5-6H,2,4H2. The Bertz CT molecular complexity index is 457. The highest BCUT2D eigenvalue weighted by Gasteiger charge is 1.99. The van der Waals surface area contributed by atoms with Crippen LogP contribution in [0.2, 0.25) is 5.15 Å². The van der Waals surface area contributed by atoms with E-state index < -0.39 is 5.82 Å². The van der Waals surface area contributed by atoms with Crippen molar-refractivity contribution < 1.29 is 4.39 Å². The molecule has 0 atom stereocenters. The number of nitrogens with zero attached hydrogens (tertiary/aromatic N) is 4. The Morgan fingerprint density at radius 2 is 2.47 bits per heavy atom. The van der Waals surface area contributed by atoms with Crippen LogP contribution in [-0.4, -0.2) is 11.5 Å². The molecule has 0 N–H and O–H groups in total. The first-order valence-corrected chi connectivity index (χ1v) is 4.42. The molecule has 4 nitrogen and oxygen atoms in total. The average molecular weight is 225 g/mol. The molecule has 0 bridgehead atoms. The summed E-state index contributed by atoms with van der Waals surface area (Å²) in [5.74, 6) is 4.86. The lowest BCUT2D eigenvalue weighted by Crippen LogP contribution is -1.85. The molecule has 0 aliphatic carbocycles. The van der Waals surface area contributed by atoms with E-state index in [4.69, 9.17) is 17.1 Å². The number of rotatable bonds is 2. The van der Waals surface area contributed by atoms with Crippen LogP contribution in [0.1, 0.15) is 12.0 Å². The van der Waals surface area contributed by atoms with Gasteiger partial charge >= 0.3 is 0 Å². The Morgan fingerprint density at radius 1 is 1.67 bits per heavy atom. The van der Waals surface area contributed by atoms with Gasteiger partial charge in [-0.1, -0.05) is 28.6 Å². The zero-order chi connectivity index (χ0) is 11.1. The van der Waals surface area contributed by atoms with Gasteiger partial charge in [0, 0.05) is 17.9 Å². The second-order valence-electron chi connectivity index (χ2n) is 2.50. The van der Waals surface area contributed by atoms with Crippen LogP contribution >= 0.6 is 11.6 Å². The first kappa shape index (κ1) is 11.3. The zero-order valence-electron chi connectivity index (χ0n) is 7.61. The van der Waals surface area contributed by atoms with E-state index in [0.717, 1.165) is 6.20 Å². The van der Waals surface area contributed by atoms with Crippen molar-refractivity contribution in [3.8, 4) is 11.8 Å². The predicted octanol–water partition coefficient (Wildman–Crippen LogP) is 2.93. The molecule has 1 rings (SSSR count). The minimum Gasteiger partial charge on any atom is -0.240 e. The molecule has 6 heteroatoms. The summed E-state index contributed by atoms with van der Waals surface area (Å²) in [5, 5.41) is 3.46. The van der Waals surface area contributed by atoms with Crippen LogP contribution in [0.15, 0.2) is 17.4 Å². The Hall–Kier alpha value is -1.76. The van der Waals surface area contributed by atoms with Gasteiger partial charge in [-0.2, -0.15) is 0 Å². The van der Waals surface area contributed by atoms with Crippen LogP contribution in [0.4, 0.5) is 4.39 Å². The number of pyridine rings is 1. The molecule has 0 fully saturated rings. The van der Waals surface area contributed by atoms with Crippen molar-refractivity contribution in [2.24, 2.45) is 5.11 Å². The summed E-state index contributed by atoms with van der Waals surface area (Å²) in [5.41, 5.74) is 8.32. The van der Waals surface area contributed by atoms with Gasteiger partial charge in [0.25, 0.3) is 0 Å². The summed E-state index contributed by atoms with van der Waals surface area (Å²) in [6.07, 6.45) is 1.42. The maximum Gasteiger partial charge on any atom is 0.144 e. The van der Waals surface area contributed by atoms with Crippen molar-refractivity contribution in [2.45, 2.75) is 6.42 Å². The molecule has 0 spiro atoms. The van der Waals surface area contributed by atoms with E-state index in [9.17, 15) is 4.39 Å². The van der Waals surface area contributed by atoms with E-state index in [1.807, 2.05) is 0 Å². The van der Waals surface area contributed by atoms with Crippen molar-refractivity contribution >= 4 is 11.6 Å². The highest BCUT2D eigenvalue weighted by molar-refractivity contribution is 6.30. The van der Waals surface area contributed by atoms with Gasteiger partial charge in [-0.25, -0.2) is 9.37 Å². The molecule has 0 amide bonds. The molecule has 1 aromatic heterocycles. The van der Waals surface area contributed by atoms with E-state index in [1.54, 1.807) is 0 Å². The molecule has 15 heavy (non-hydrogen) atoms. The van der Waals surface area contributed by atoms with Crippen molar-refractivity contribution in [1.29, 1.82) is 0 Å². The molecule has 0 radical (unpaired) electrons. The Labute approximate surface area is 90.7 Å². The van der Waals surface area contributed by atoms with E-state index in [0.29, 0.717) is 12.0 Å². The molecule has 0 aliphatic heterocycles. The summed E-state index contributed by atoms with van der Waals surface area (Å²) in [6, 6.07) is 1.20. The highest BCUT2D eigenvalue weighted by atomic mass is 35.5. The van der Waals surface area contributed by atoms with Gasteiger partial charge in [0.15, 0.2) is 0 Å². The minimum absolute atomic E-state index is 0.160. The second kappa shape index (κ2) is 5.86. The molecule has 0 saturated carbocycles. The molecule has 0 aromatic carbocycles. The zero-order valence-corrected chi connectivity index (χ0v) is 8.37. The minimum atomic E-state index is -0.487. The van der Waals surface area contributed by atoms with Crippen LogP contribution in [0.25, 0.3) is 10.4 Å². The van der Waals surface area contributed by atoms with Crippen LogP contribution < -0.4 is 0 Å². The van der Waals surface area contributed by atoms with Crippen LogP contribution in [-0.2, 0) is 0 Å². The van der Waals surface area contributed by atoms with Crippen LogP contribution in [0, 0.1) is 17.7 Å². The monoisotopic (exact) mass is 224 g/mol. The van der Waals surface area contributed by atoms with Gasteiger partial charge in [0.1, 0.15) is 11.0 Å². The smallest absolute Gasteiger partial charge is 0.144 e. The largest absolute Gasteiger partial charge is 0.240 e. The molecular weight excluding hydrogens is 219 g/mol. The van der Waals surface area contributed by atoms with Crippen LogP contribution in [0.5, 0.6) is 0 Å². The fraction of sp³-hybridized carbons (Fsp3) is 0.222. The van der Waals surface area contributed by atoms with E-state index in [-0.39, 0.29) is 11.7 Å². The van der Waals surface area contributed by atoms with E-state index in [1.165, 1.54) is 6.07 Å². The van der Waals surface area contributed by atoms with Crippen molar-refractivity contribution in [2.75, 3.05) is 6.54 Å². The third-order valence-corrected chi connectivity index (χ3v) is 1.73. The van der Waals surface area contributed by atoms with Gasteiger partial charge in [-0.05, 0) is 11.6 Å². The first-order chi connectivity index (χ1) is 7.24. The topological polar surface area (TPSA) is 61.7 Å². The van der Waals surface area contributed by atoms with Crippen LogP contribution in [0.3, 0.4) is 0 Å². The quantitative estimate of drug-likeness (QED) is 0.190. The molecular formula is C9H6ClFN4. The van der Waals surface area contributed by atoms with E-state index in [2.05, 4.69) is 26.9 Å². The summed E-state index contributed by atoms with van der Waals surface area (Å²) in [6.45, 7) is 0.282. The molecule has 0 unspecified atom stereocenters. The molecule has 1 aromatic rings. The summed E-state index contributed by atoms with van der Waals surface area (Å²) < 4.78 is 12.7. The molecule has 76 valence electrons. The summed E-state index contributed by atoms with van der Waals surface area (Å²) >= 11 is 5.67. The van der Waals surface area contributed by atoms with E-state index >= 15 is 0 Å². The number of hydrogen-bond acceptors (Lipinski definition) is 2. The van der Waals surface area contributed by atoms with Gasteiger partial charge in [0.05, 0.1) is 11.8 Å². The van der Waals surface area contributed by atoms with Crippen molar-refractivity contribution in [3.05, 3.63) is 39.2 Å². The lowest BCUT2D eigenvalue weighted by atomic mass is 10.2. The normalized spacial score (nSPS) is 8.67. The lowest BCUT2D eigenvalue weighted by Gasteiger charge is -1.93. The predicted molar refractivity (Wildman–Crippen MR) is 54.7 cm³/mol. The fourth-order valence-corrected chi connectivity index (χ4v) is 0.969. The van der Waals surface area contributed by atoms with Gasteiger partial charge in [-0.3, -0.25) is 0 Å². The van der Waals surface area contributed by atoms with Crippen molar-refractivity contribution in [1.82, 2.24) is 4.98 Å². The maximum absolute atomic E-state index is 12.7. The van der Waals surface area contributed by atoms with Gasteiger partial charge in [0.2, 0.25) is 0 Å². The lowest BCUT2D eigenvalue weighted by molar-refractivity contribution is 0.621. The number of azide groups is 1. The maximum atomic E-state index is 12.7. The second-order valence-corrected chi connectivity index (χ2v) is 2.86. The Balaban J connectivity index is 2.70. The summed E-state index contributed by atoms with van der Waals surface area (Å²) in [7, 11) is 0. The highest BCUT2D eigenvalue weighted by Crippen LogP contribution is 2.11. The Kier molecular flexibility index (Phi) is 4.42. The fourth-order valence-electron chi connectivity index (χ4n) is 0.819. The molecule has 0 aliphatic rings. The third kappa shape index (κ3) is 3.86.